The van der Waals surface area contributed by atoms with E-state index < -0.39 is 41.0 Å². The van der Waals surface area contributed by atoms with Gasteiger partial charge >= 0.3 is 18.5 Å². The SMILES string of the molecule is C.C.C.C.C.C.C.CC(C)c1ccc(C(F)(F)F)cc1.CC(C)c1ccc(Cl)cc1.CC(C)c1ccc(F)cc1.CC(C)c1ccc2c(c1)OCO2.CC(C)c1cccc(C(F)(F)F)c1F.CC(C)c1ccccc1.Cc1cc(C(C)C)cc(C(F)(F)F)c1.Cc1cc(C(C)C)ccc1Cl.Cc1ccc(Cl)c(C(C)C)c1.Cc1ccc(F)c(C(C)C)c1.Cc1cccc(C(C)C)c1.Cc1cccc(C(C)C)c1. The van der Waals surface area contributed by atoms with Crippen LogP contribution in [0.15, 0.2) is 261 Å². The molecule has 0 fully saturated rings. The highest BCUT2D eigenvalue weighted by Crippen LogP contribution is 2.38. The van der Waals surface area contributed by atoms with Gasteiger partial charge < -0.3 is 9.47 Å². The molecule has 142 heavy (non-hydrogen) atoms. The summed E-state index contributed by atoms with van der Waals surface area (Å²) in [5.41, 5.74) is 17.8. The van der Waals surface area contributed by atoms with Crippen molar-refractivity contribution < 1.29 is 62.2 Å². The van der Waals surface area contributed by atoms with E-state index in [1.165, 1.54) is 116 Å². The van der Waals surface area contributed by atoms with Crippen molar-refractivity contribution >= 4 is 34.8 Å². The molecule has 1 heterocycles. The fourth-order valence-electron chi connectivity index (χ4n) is 12.7. The van der Waals surface area contributed by atoms with Crippen LogP contribution in [0.4, 0.5) is 52.7 Å². The molecule has 17 heteroatoms. The zero-order valence-corrected chi connectivity index (χ0v) is 87.2. The molecule has 12 aromatic carbocycles. The first-order valence-corrected chi connectivity index (χ1v) is 47.5. The highest BCUT2D eigenvalue weighted by atomic mass is 35.5. The topological polar surface area (TPSA) is 18.5 Å². The lowest BCUT2D eigenvalue weighted by molar-refractivity contribution is -0.140. The van der Waals surface area contributed by atoms with Gasteiger partial charge in [-0.05, 0) is 270 Å². The molecule has 12 aromatic rings. The van der Waals surface area contributed by atoms with E-state index in [4.69, 9.17) is 44.3 Å². The van der Waals surface area contributed by atoms with Crippen LogP contribution in [-0.4, -0.2) is 6.79 Å². The van der Waals surface area contributed by atoms with Gasteiger partial charge in [-0.15, -0.1) is 0 Å². The second kappa shape index (κ2) is 70.9. The zero-order valence-electron chi connectivity index (χ0n) is 84.9. The maximum atomic E-state index is 13.3. The van der Waals surface area contributed by atoms with Crippen molar-refractivity contribution in [2.45, 2.75) is 349 Å². The normalized spacial score (nSPS) is 10.7. The van der Waals surface area contributed by atoms with Crippen molar-refractivity contribution in [1.82, 2.24) is 0 Å². The second-order valence-corrected chi connectivity index (χ2v) is 38.6. The van der Waals surface area contributed by atoms with Gasteiger partial charge in [0.2, 0.25) is 6.79 Å². The molecule has 0 amide bonds. The Kier molecular flexibility index (Phi) is 71.4. The van der Waals surface area contributed by atoms with Crippen LogP contribution in [0.1, 0.15) is 406 Å². The zero-order chi connectivity index (χ0) is 103. The second-order valence-electron chi connectivity index (χ2n) is 37.3. The maximum Gasteiger partial charge on any atom is 0.419 e. The first kappa shape index (κ1) is 143. The predicted octanol–water partition coefficient (Wildman–Crippen LogP) is 45.2. The molecule has 0 atom stereocenters. The first-order chi connectivity index (χ1) is 62.7. The van der Waals surface area contributed by atoms with Crippen molar-refractivity contribution in [2.75, 3.05) is 6.79 Å². The molecule has 0 aliphatic carbocycles. The lowest BCUT2D eigenvalue weighted by Gasteiger charge is -2.12. The predicted molar refractivity (Wildman–Crippen MR) is 598 cm³/mol. The summed E-state index contributed by atoms with van der Waals surface area (Å²) in [5, 5.41) is 2.55. The Labute approximate surface area is 869 Å². The van der Waals surface area contributed by atoms with Crippen molar-refractivity contribution in [1.29, 1.82) is 0 Å². The summed E-state index contributed by atoms with van der Waals surface area (Å²) in [6.07, 6.45) is -13.1. The molecule has 0 aromatic heterocycles. The molecule has 0 spiro atoms. The highest BCUT2D eigenvalue weighted by Gasteiger charge is 2.35. The number of halogens is 15. The molecule has 0 N–H and O–H groups in total. The Morgan fingerprint density at radius 1 is 0.239 bits per heavy atom. The van der Waals surface area contributed by atoms with Crippen molar-refractivity contribution in [3.63, 3.8) is 0 Å². The van der Waals surface area contributed by atoms with Gasteiger partial charge in [-0.25, -0.2) is 13.2 Å². The molecular formula is C125H175Cl3F12O2. The minimum atomic E-state index is -4.62. The van der Waals surface area contributed by atoms with Crippen LogP contribution < -0.4 is 9.47 Å². The van der Waals surface area contributed by atoms with Crippen LogP contribution in [0.3, 0.4) is 0 Å². The van der Waals surface area contributed by atoms with Crippen LogP contribution >= 0.6 is 34.8 Å². The molecule has 13 rings (SSSR count). The molecule has 1 aliphatic heterocycles. The van der Waals surface area contributed by atoms with Gasteiger partial charge in [0.05, 0.1) is 16.7 Å². The Hall–Kier alpha value is -9.73. The number of hydrogen-bond donors (Lipinski definition) is 0. The minimum Gasteiger partial charge on any atom is -0.454 e. The van der Waals surface area contributed by atoms with Gasteiger partial charge in [0, 0.05) is 15.1 Å². The van der Waals surface area contributed by atoms with Gasteiger partial charge in [0.15, 0.2) is 11.5 Å². The van der Waals surface area contributed by atoms with E-state index in [1.807, 2.05) is 122 Å². The smallest absolute Gasteiger partial charge is 0.419 e. The van der Waals surface area contributed by atoms with Crippen LogP contribution in [0.5, 0.6) is 11.5 Å². The third-order valence-electron chi connectivity index (χ3n) is 21.4. The van der Waals surface area contributed by atoms with Crippen LogP contribution in [-0.2, 0) is 18.5 Å². The summed E-state index contributed by atoms with van der Waals surface area (Å²) in [5.74, 6) is 5.42. The molecule has 0 saturated carbocycles. The summed E-state index contributed by atoms with van der Waals surface area (Å²) in [6.45, 7) is 62.2. The van der Waals surface area contributed by atoms with Crippen molar-refractivity contribution in [3.05, 3.63) is 410 Å². The number of ether oxygens (including phenoxy) is 2. The monoisotopic (exact) mass is 2040 g/mol. The maximum absolute atomic E-state index is 13.3. The quantitative estimate of drug-likeness (QED) is 0.114. The number of rotatable bonds is 12. The van der Waals surface area contributed by atoms with Gasteiger partial charge in [0.25, 0.3) is 0 Å². The van der Waals surface area contributed by atoms with E-state index in [-0.39, 0.29) is 92.9 Å². The molecule has 0 saturated heterocycles. The number of fused-ring (bicyclic) bond motifs is 1. The third-order valence-corrected chi connectivity index (χ3v) is 22.4. The van der Waals surface area contributed by atoms with E-state index in [0.29, 0.717) is 59.7 Å². The summed E-state index contributed by atoms with van der Waals surface area (Å²) in [4.78, 5) is 0. The molecule has 0 radical (unpaired) electrons. The van der Waals surface area contributed by atoms with Crippen LogP contribution in [0.25, 0.3) is 0 Å². The van der Waals surface area contributed by atoms with Gasteiger partial charge in [-0.3, -0.25) is 0 Å². The number of hydrogen-bond acceptors (Lipinski definition) is 2. The Bertz CT molecular complexity index is 5200. The number of aryl methyl sites for hydroxylation is 6. The fraction of sp³-hybridized carbons (Fsp3) is 0.424. The number of benzene rings is 12. The summed E-state index contributed by atoms with van der Waals surface area (Å²) < 4.78 is 159. The van der Waals surface area contributed by atoms with Gasteiger partial charge in [0.1, 0.15) is 17.5 Å². The summed E-state index contributed by atoms with van der Waals surface area (Å²) in [6, 6.07) is 78.9. The number of alkyl halides is 9. The lowest BCUT2D eigenvalue weighted by Crippen LogP contribution is -2.10. The van der Waals surface area contributed by atoms with E-state index in [2.05, 4.69) is 241 Å². The van der Waals surface area contributed by atoms with Crippen LogP contribution in [0.2, 0.25) is 15.1 Å². The van der Waals surface area contributed by atoms with E-state index in [1.54, 1.807) is 32.9 Å². The summed E-state index contributed by atoms with van der Waals surface area (Å²) in [7, 11) is 0. The Balaban J connectivity index is -0.000000354. The molecule has 2 nitrogen and oxygen atoms in total. The Morgan fingerprint density at radius 3 is 0.937 bits per heavy atom. The van der Waals surface area contributed by atoms with E-state index >= 15 is 0 Å². The first-order valence-electron chi connectivity index (χ1n) is 46.3. The molecule has 0 unspecified atom stereocenters. The average Bonchev–Trinajstić information content (AvgIpc) is 0.861. The molecular weight excluding hydrogens is 1870 g/mol. The highest BCUT2D eigenvalue weighted by molar-refractivity contribution is 6.31. The lowest BCUT2D eigenvalue weighted by atomic mass is 9.98. The molecule has 1 aliphatic rings. The van der Waals surface area contributed by atoms with Crippen molar-refractivity contribution in [3.8, 4) is 11.5 Å². The van der Waals surface area contributed by atoms with Gasteiger partial charge in [-0.1, -0.05) is 457 Å². The van der Waals surface area contributed by atoms with Gasteiger partial charge in [-0.2, -0.15) is 39.5 Å². The van der Waals surface area contributed by atoms with E-state index in [0.717, 1.165) is 72.6 Å². The minimum absolute atomic E-state index is 0. The third kappa shape index (κ3) is 55.4. The Morgan fingerprint density at radius 2 is 0.570 bits per heavy atom. The summed E-state index contributed by atoms with van der Waals surface area (Å²) >= 11 is 17.6. The van der Waals surface area contributed by atoms with Crippen molar-refractivity contribution in [2.24, 2.45) is 0 Å². The average molecular weight is 2040 g/mol. The largest absolute Gasteiger partial charge is 0.454 e. The standard InChI is InChI=1S/C11H13F3.2C10H13Cl.C10H10F4.C10H11F3.C10H13F.C10H12O2.2C10H14.C9H11Cl.C9H11F.C9H12.7CH4/c1-7(2)9-4-8(3)5-10(6-9)11(12,13)14;1-7(2)9-4-5-10(11)8(3)6-9;1-7(2)9-6-8(3)4-5-10(9)11;1-6(2)7-4-3-5-8(9(7)11)10(12,13)14;1-7(2)8-3-5-9(6-4-8)10(11,12)13;1-7(2)9-6-8(3)4-5-10(9)11;1-7(2)8-3-4-9-10(5-8)12-6-11-9;2*1-8(2)10-6-4-5-9(3)7-10;2*1-7(2)8-3-5-9(10)6-4-8;1-8(2)9-6-4-3-5-7-9;;;;;;;/h4-7H,1-3H3;2*4-7H,1-3H3;3-6H,1-2H3;3-7H,1-2H3;4-7H,1-3H3;3-5,7H,6H2,1-2H3;2*4-8H,1-3H3;2*3-7H,1-2H3;3-8H,1-2H3;7*1H4. The molecule has 0 bridgehead atoms. The fourth-order valence-corrected chi connectivity index (χ4v) is 13.3. The molecule has 792 valence electrons. The van der Waals surface area contributed by atoms with E-state index in [9.17, 15) is 52.7 Å². The van der Waals surface area contributed by atoms with Crippen LogP contribution in [0, 0.1) is 59.0 Å².